The molecule has 1 amide bonds. The number of nitrogens with zero attached hydrogens (tertiary/aromatic N) is 1. The highest BCUT2D eigenvalue weighted by Crippen LogP contribution is 2.36. The van der Waals surface area contributed by atoms with Crippen molar-refractivity contribution in [1.29, 1.82) is 0 Å². The largest absolute Gasteiger partial charge is 0.352 e. The Bertz CT molecular complexity index is 483. The van der Waals surface area contributed by atoms with E-state index in [4.69, 9.17) is 5.84 Å². The molecule has 20 heavy (non-hydrogen) atoms. The van der Waals surface area contributed by atoms with Crippen LogP contribution >= 0.6 is 0 Å². The number of nitrogen functional groups attached to an aromatic ring is 1. The monoisotopic (exact) mass is 276 g/mol. The van der Waals surface area contributed by atoms with E-state index >= 15 is 0 Å². The Kier molecular flexibility index (Phi) is 4.60. The zero-order valence-corrected chi connectivity index (χ0v) is 12.4. The lowest BCUT2D eigenvalue weighted by Gasteiger charge is -2.13. The molecule has 4 N–H and O–H groups in total. The minimum Gasteiger partial charge on any atom is -0.352 e. The predicted molar refractivity (Wildman–Crippen MR) is 80.4 cm³/mol. The molecule has 1 aliphatic carbocycles. The SMILES string of the molecule is CC(C)c1cc(C(=O)NCC(C)C2CC2)cc(NN)n1. The Balaban J connectivity index is 2.05. The van der Waals surface area contributed by atoms with Crippen molar-refractivity contribution in [2.45, 2.75) is 39.5 Å². The summed E-state index contributed by atoms with van der Waals surface area (Å²) in [6.45, 7) is 7.00. The van der Waals surface area contributed by atoms with Gasteiger partial charge >= 0.3 is 0 Å². The summed E-state index contributed by atoms with van der Waals surface area (Å²) in [5, 5.41) is 3.00. The van der Waals surface area contributed by atoms with Gasteiger partial charge in [-0.25, -0.2) is 10.8 Å². The third kappa shape index (κ3) is 3.70. The molecule has 110 valence electrons. The second-order valence-corrected chi connectivity index (χ2v) is 5.99. The summed E-state index contributed by atoms with van der Waals surface area (Å²) in [4.78, 5) is 16.6. The van der Waals surface area contributed by atoms with Crippen molar-refractivity contribution in [3.8, 4) is 0 Å². The van der Waals surface area contributed by atoms with Gasteiger partial charge in [0.15, 0.2) is 0 Å². The first-order chi connectivity index (χ1) is 9.51. The summed E-state index contributed by atoms with van der Waals surface area (Å²) >= 11 is 0. The van der Waals surface area contributed by atoms with Gasteiger partial charge in [-0.05, 0) is 42.7 Å². The number of hydrogen-bond acceptors (Lipinski definition) is 4. The zero-order chi connectivity index (χ0) is 14.7. The highest BCUT2D eigenvalue weighted by atomic mass is 16.1. The summed E-state index contributed by atoms with van der Waals surface area (Å²) in [6, 6.07) is 3.52. The van der Waals surface area contributed by atoms with E-state index < -0.39 is 0 Å². The van der Waals surface area contributed by atoms with Crippen molar-refractivity contribution in [1.82, 2.24) is 10.3 Å². The number of hydrazine groups is 1. The summed E-state index contributed by atoms with van der Waals surface area (Å²) < 4.78 is 0. The van der Waals surface area contributed by atoms with Gasteiger partial charge in [0.25, 0.3) is 5.91 Å². The molecule has 1 heterocycles. The van der Waals surface area contributed by atoms with Crippen LogP contribution in [0.5, 0.6) is 0 Å². The normalized spacial score (nSPS) is 16.1. The Hall–Kier alpha value is -1.62. The number of anilines is 1. The molecule has 1 aromatic heterocycles. The maximum Gasteiger partial charge on any atom is 0.251 e. The molecule has 0 bridgehead atoms. The van der Waals surface area contributed by atoms with Crippen molar-refractivity contribution in [3.05, 3.63) is 23.4 Å². The molecule has 2 rings (SSSR count). The van der Waals surface area contributed by atoms with Gasteiger partial charge in [-0.1, -0.05) is 20.8 Å². The minimum atomic E-state index is -0.0571. The fourth-order valence-electron chi connectivity index (χ4n) is 2.24. The van der Waals surface area contributed by atoms with Crippen LogP contribution in [0.2, 0.25) is 0 Å². The van der Waals surface area contributed by atoms with E-state index in [1.807, 2.05) is 19.9 Å². The summed E-state index contributed by atoms with van der Waals surface area (Å²) in [5.74, 6) is 7.48. The van der Waals surface area contributed by atoms with E-state index in [1.165, 1.54) is 12.8 Å². The molecular formula is C15H24N4O. The van der Waals surface area contributed by atoms with Crippen molar-refractivity contribution >= 4 is 11.7 Å². The molecule has 0 spiro atoms. The van der Waals surface area contributed by atoms with Crippen LogP contribution in [0.4, 0.5) is 5.82 Å². The van der Waals surface area contributed by atoms with Gasteiger partial charge in [0.1, 0.15) is 5.82 Å². The average molecular weight is 276 g/mol. The van der Waals surface area contributed by atoms with Gasteiger partial charge in [0, 0.05) is 17.8 Å². The van der Waals surface area contributed by atoms with Gasteiger partial charge in [-0.2, -0.15) is 0 Å². The molecule has 1 saturated carbocycles. The Morgan fingerprint density at radius 1 is 1.40 bits per heavy atom. The first-order valence-electron chi connectivity index (χ1n) is 7.28. The number of hydrogen-bond donors (Lipinski definition) is 3. The molecular weight excluding hydrogens is 252 g/mol. The summed E-state index contributed by atoms with van der Waals surface area (Å²) in [6.07, 6.45) is 2.59. The van der Waals surface area contributed by atoms with E-state index in [0.29, 0.717) is 17.3 Å². The van der Waals surface area contributed by atoms with E-state index in [2.05, 4.69) is 22.7 Å². The zero-order valence-electron chi connectivity index (χ0n) is 12.4. The smallest absolute Gasteiger partial charge is 0.251 e. The Morgan fingerprint density at radius 3 is 2.65 bits per heavy atom. The molecule has 1 aliphatic rings. The van der Waals surface area contributed by atoms with Gasteiger partial charge in [-0.3, -0.25) is 4.79 Å². The van der Waals surface area contributed by atoms with Crippen molar-refractivity contribution in [2.24, 2.45) is 17.7 Å². The molecule has 1 atom stereocenters. The maximum atomic E-state index is 12.2. The van der Waals surface area contributed by atoms with E-state index in [0.717, 1.165) is 18.2 Å². The van der Waals surface area contributed by atoms with Gasteiger partial charge < -0.3 is 10.7 Å². The lowest BCUT2D eigenvalue weighted by Crippen LogP contribution is -2.29. The van der Waals surface area contributed by atoms with Crippen LogP contribution in [0.3, 0.4) is 0 Å². The maximum absolute atomic E-state index is 12.2. The van der Waals surface area contributed by atoms with Crippen LogP contribution < -0.4 is 16.6 Å². The Morgan fingerprint density at radius 2 is 2.10 bits per heavy atom. The van der Waals surface area contributed by atoms with Gasteiger partial charge in [-0.15, -0.1) is 0 Å². The molecule has 0 aromatic carbocycles. The third-order valence-corrected chi connectivity index (χ3v) is 3.86. The summed E-state index contributed by atoms with van der Waals surface area (Å²) in [7, 11) is 0. The topological polar surface area (TPSA) is 80.0 Å². The van der Waals surface area contributed by atoms with E-state index in [9.17, 15) is 4.79 Å². The highest BCUT2D eigenvalue weighted by molar-refractivity contribution is 5.95. The number of carbonyl (C=O) groups excluding carboxylic acids is 1. The standard InChI is InChI=1S/C15H24N4O/c1-9(2)13-6-12(7-14(18-13)19-16)15(20)17-8-10(3)11-4-5-11/h6-7,9-11H,4-5,8,16H2,1-3H3,(H,17,20)(H,18,19). The van der Waals surface area contributed by atoms with Gasteiger partial charge in [0.05, 0.1) is 0 Å². The van der Waals surface area contributed by atoms with Crippen molar-refractivity contribution in [2.75, 3.05) is 12.0 Å². The van der Waals surface area contributed by atoms with Crippen LogP contribution in [-0.2, 0) is 0 Å². The van der Waals surface area contributed by atoms with Crippen LogP contribution in [0.15, 0.2) is 12.1 Å². The number of amides is 1. The molecule has 1 fully saturated rings. The first-order valence-corrected chi connectivity index (χ1v) is 7.28. The predicted octanol–water partition coefficient (Wildman–Crippen LogP) is 2.27. The molecule has 5 nitrogen and oxygen atoms in total. The van der Waals surface area contributed by atoms with Crippen LogP contribution in [0, 0.1) is 11.8 Å². The number of pyridine rings is 1. The molecule has 0 radical (unpaired) electrons. The lowest BCUT2D eigenvalue weighted by molar-refractivity contribution is 0.0946. The van der Waals surface area contributed by atoms with E-state index in [-0.39, 0.29) is 11.8 Å². The molecule has 1 aromatic rings. The van der Waals surface area contributed by atoms with Crippen LogP contribution in [0.1, 0.15) is 55.6 Å². The van der Waals surface area contributed by atoms with Crippen molar-refractivity contribution in [3.63, 3.8) is 0 Å². The fraction of sp³-hybridized carbons (Fsp3) is 0.600. The van der Waals surface area contributed by atoms with Crippen LogP contribution in [0.25, 0.3) is 0 Å². The molecule has 1 unspecified atom stereocenters. The Labute approximate surface area is 120 Å². The minimum absolute atomic E-state index is 0.0571. The highest BCUT2D eigenvalue weighted by Gasteiger charge is 2.28. The number of rotatable bonds is 6. The molecule has 0 saturated heterocycles. The fourth-order valence-corrected chi connectivity index (χ4v) is 2.24. The van der Waals surface area contributed by atoms with Crippen molar-refractivity contribution < 1.29 is 4.79 Å². The number of nitrogens with two attached hydrogens (primary N) is 1. The third-order valence-electron chi connectivity index (χ3n) is 3.86. The quantitative estimate of drug-likeness (QED) is 0.550. The number of aromatic nitrogens is 1. The lowest BCUT2D eigenvalue weighted by atomic mass is 10.1. The second-order valence-electron chi connectivity index (χ2n) is 5.99. The number of nitrogens with one attached hydrogen (secondary N) is 2. The first kappa shape index (κ1) is 14.8. The average Bonchev–Trinajstić information content (AvgIpc) is 3.28. The number of carbonyl (C=O) groups is 1. The van der Waals surface area contributed by atoms with E-state index in [1.54, 1.807) is 6.07 Å². The van der Waals surface area contributed by atoms with Crippen LogP contribution in [-0.4, -0.2) is 17.4 Å². The molecule has 5 heteroatoms. The second kappa shape index (κ2) is 6.22. The molecule has 0 aliphatic heterocycles. The van der Waals surface area contributed by atoms with Gasteiger partial charge in [0.2, 0.25) is 0 Å². The summed E-state index contributed by atoms with van der Waals surface area (Å²) in [5.41, 5.74) is 3.99.